The van der Waals surface area contributed by atoms with Crippen molar-refractivity contribution in [3.05, 3.63) is 29.6 Å². The quantitative estimate of drug-likeness (QED) is 0.802. The van der Waals surface area contributed by atoms with Gasteiger partial charge in [-0.3, -0.25) is 0 Å². The number of nitrogens with one attached hydrogen (secondary N) is 1. The van der Waals surface area contributed by atoms with Crippen molar-refractivity contribution in [2.24, 2.45) is 0 Å². The molecule has 0 aliphatic carbocycles. The minimum atomic E-state index is -0.219. The predicted molar refractivity (Wildman–Crippen MR) is 64.3 cm³/mol. The molecular formula is C13H20FNO. The molecule has 3 heteroatoms. The minimum Gasteiger partial charge on any atom is -0.493 e. The third kappa shape index (κ3) is 3.49. The molecule has 0 radical (unpaired) electrons. The molecule has 16 heavy (non-hydrogen) atoms. The summed E-state index contributed by atoms with van der Waals surface area (Å²) in [6, 6.07) is 4.78. The van der Waals surface area contributed by atoms with Crippen molar-refractivity contribution in [3.8, 4) is 5.75 Å². The summed E-state index contributed by atoms with van der Waals surface area (Å²) in [6.45, 7) is 7.61. The highest BCUT2D eigenvalue weighted by Crippen LogP contribution is 2.26. The Morgan fingerprint density at radius 1 is 1.38 bits per heavy atom. The molecule has 0 saturated carbocycles. The van der Waals surface area contributed by atoms with Crippen LogP contribution in [0.2, 0.25) is 0 Å². The monoisotopic (exact) mass is 225 g/mol. The number of rotatable bonds is 6. The van der Waals surface area contributed by atoms with Gasteiger partial charge in [-0.05, 0) is 38.1 Å². The van der Waals surface area contributed by atoms with Crippen molar-refractivity contribution in [2.45, 2.75) is 33.2 Å². The molecule has 0 heterocycles. The van der Waals surface area contributed by atoms with E-state index in [1.54, 1.807) is 12.1 Å². The molecule has 0 amide bonds. The van der Waals surface area contributed by atoms with Gasteiger partial charge in [-0.1, -0.05) is 13.8 Å². The second kappa shape index (κ2) is 6.48. The van der Waals surface area contributed by atoms with E-state index in [9.17, 15) is 4.39 Å². The van der Waals surface area contributed by atoms with E-state index in [-0.39, 0.29) is 11.9 Å². The highest BCUT2D eigenvalue weighted by atomic mass is 19.1. The molecule has 1 aromatic carbocycles. The van der Waals surface area contributed by atoms with Gasteiger partial charge in [0.05, 0.1) is 6.61 Å². The van der Waals surface area contributed by atoms with E-state index in [1.807, 2.05) is 13.8 Å². The Balaban J connectivity index is 2.88. The van der Waals surface area contributed by atoms with Crippen LogP contribution in [0.3, 0.4) is 0 Å². The molecule has 1 N–H and O–H groups in total. The zero-order valence-corrected chi connectivity index (χ0v) is 10.2. The summed E-state index contributed by atoms with van der Waals surface area (Å²) < 4.78 is 18.8. The maximum atomic E-state index is 13.2. The Bertz CT molecular complexity index is 328. The normalized spacial score (nSPS) is 12.5. The largest absolute Gasteiger partial charge is 0.493 e. The van der Waals surface area contributed by atoms with Crippen LogP contribution in [-0.4, -0.2) is 13.2 Å². The number of halogens is 1. The van der Waals surface area contributed by atoms with Gasteiger partial charge in [-0.2, -0.15) is 0 Å². The van der Waals surface area contributed by atoms with Crippen molar-refractivity contribution in [1.29, 1.82) is 0 Å². The van der Waals surface area contributed by atoms with Crippen LogP contribution in [0.1, 0.15) is 38.8 Å². The Morgan fingerprint density at radius 3 is 2.75 bits per heavy atom. The molecule has 0 aromatic heterocycles. The Morgan fingerprint density at radius 2 is 2.12 bits per heavy atom. The highest BCUT2D eigenvalue weighted by molar-refractivity contribution is 5.36. The van der Waals surface area contributed by atoms with Gasteiger partial charge in [0.2, 0.25) is 0 Å². The standard InChI is InChI=1S/C13H20FNO/c1-4-8-16-13-7-6-11(14)9-12(13)10(3)15-5-2/h6-7,9-10,15H,4-5,8H2,1-3H3. The van der Waals surface area contributed by atoms with Gasteiger partial charge in [0.1, 0.15) is 11.6 Å². The number of ether oxygens (including phenoxy) is 1. The summed E-state index contributed by atoms with van der Waals surface area (Å²) in [5, 5.41) is 3.26. The van der Waals surface area contributed by atoms with Gasteiger partial charge in [0, 0.05) is 11.6 Å². The average molecular weight is 225 g/mol. The summed E-state index contributed by atoms with van der Waals surface area (Å²) in [6.07, 6.45) is 0.951. The van der Waals surface area contributed by atoms with Gasteiger partial charge < -0.3 is 10.1 Å². The topological polar surface area (TPSA) is 21.3 Å². The average Bonchev–Trinajstić information content (AvgIpc) is 2.27. The number of hydrogen-bond donors (Lipinski definition) is 1. The van der Waals surface area contributed by atoms with Crippen molar-refractivity contribution < 1.29 is 9.13 Å². The lowest BCUT2D eigenvalue weighted by Crippen LogP contribution is -2.18. The van der Waals surface area contributed by atoms with Crippen molar-refractivity contribution >= 4 is 0 Å². The van der Waals surface area contributed by atoms with Crippen LogP contribution >= 0.6 is 0 Å². The molecule has 1 aromatic rings. The zero-order valence-electron chi connectivity index (χ0n) is 10.2. The molecule has 0 fully saturated rings. The SMILES string of the molecule is CCCOc1ccc(F)cc1C(C)NCC. The molecule has 0 spiro atoms. The summed E-state index contributed by atoms with van der Waals surface area (Å²) >= 11 is 0. The summed E-state index contributed by atoms with van der Waals surface area (Å²) in [4.78, 5) is 0. The van der Waals surface area contributed by atoms with E-state index in [1.165, 1.54) is 6.07 Å². The third-order valence-corrected chi connectivity index (χ3v) is 2.41. The number of benzene rings is 1. The molecule has 0 saturated heterocycles. The molecule has 0 aliphatic rings. The van der Waals surface area contributed by atoms with E-state index in [4.69, 9.17) is 4.74 Å². The van der Waals surface area contributed by atoms with Crippen molar-refractivity contribution in [1.82, 2.24) is 5.32 Å². The fourth-order valence-electron chi connectivity index (χ4n) is 1.62. The summed E-state index contributed by atoms with van der Waals surface area (Å²) in [5.74, 6) is 0.556. The van der Waals surface area contributed by atoms with Crippen LogP contribution in [0.15, 0.2) is 18.2 Å². The second-order valence-corrected chi connectivity index (χ2v) is 3.81. The molecule has 2 nitrogen and oxygen atoms in total. The van der Waals surface area contributed by atoms with E-state index in [2.05, 4.69) is 12.2 Å². The first-order valence-corrected chi connectivity index (χ1v) is 5.84. The van der Waals surface area contributed by atoms with E-state index >= 15 is 0 Å². The number of hydrogen-bond acceptors (Lipinski definition) is 2. The van der Waals surface area contributed by atoms with E-state index < -0.39 is 0 Å². The fraction of sp³-hybridized carbons (Fsp3) is 0.538. The maximum Gasteiger partial charge on any atom is 0.124 e. The van der Waals surface area contributed by atoms with Crippen LogP contribution in [0.4, 0.5) is 4.39 Å². The molecule has 0 bridgehead atoms. The van der Waals surface area contributed by atoms with Gasteiger partial charge in [0.15, 0.2) is 0 Å². The predicted octanol–water partition coefficient (Wildman–Crippen LogP) is 3.29. The zero-order chi connectivity index (χ0) is 12.0. The summed E-state index contributed by atoms with van der Waals surface area (Å²) in [7, 11) is 0. The first-order valence-electron chi connectivity index (χ1n) is 5.84. The molecule has 90 valence electrons. The molecule has 1 atom stereocenters. The molecular weight excluding hydrogens is 205 g/mol. The van der Waals surface area contributed by atoms with Gasteiger partial charge in [-0.25, -0.2) is 4.39 Å². The minimum absolute atomic E-state index is 0.104. The smallest absolute Gasteiger partial charge is 0.124 e. The summed E-state index contributed by atoms with van der Waals surface area (Å²) in [5.41, 5.74) is 0.885. The maximum absolute atomic E-state index is 13.2. The lowest BCUT2D eigenvalue weighted by Gasteiger charge is -2.17. The van der Waals surface area contributed by atoms with Gasteiger partial charge in [-0.15, -0.1) is 0 Å². The van der Waals surface area contributed by atoms with Crippen LogP contribution in [0, 0.1) is 5.82 Å². The highest BCUT2D eigenvalue weighted by Gasteiger charge is 2.11. The van der Waals surface area contributed by atoms with Crippen LogP contribution < -0.4 is 10.1 Å². The van der Waals surface area contributed by atoms with Crippen molar-refractivity contribution in [3.63, 3.8) is 0 Å². The van der Waals surface area contributed by atoms with E-state index in [0.29, 0.717) is 6.61 Å². The Labute approximate surface area is 96.8 Å². The first-order chi connectivity index (χ1) is 7.69. The Hall–Kier alpha value is -1.09. The molecule has 0 aliphatic heterocycles. The van der Waals surface area contributed by atoms with Crippen molar-refractivity contribution in [2.75, 3.05) is 13.2 Å². The lowest BCUT2D eigenvalue weighted by molar-refractivity contribution is 0.310. The van der Waals surface area contributed by atoms with Gasteiger partial charge >= 0.3 is 0 Å². The van der Waals surface area contributed by atoms with Crippen LogP contribution in [0.25, 0.3) is 0 Å². The van der Waals surface area contributed by atoms with Crippen LogP contribution in [-0.2, 0) is 0 Å². The molecule has 1 rings (SSSR count). The van der Waals surface area contributed by atoms with E-state index in [0.717, 1.165) is 24.3 Å². The fourth-order valence-corrected chi connectivity index (χ4v) is 1.62. The first kappa shape index (κ1) is 13.0. The van der Waals surface area contributed by atoms with Crippen LogP contribution in [0.5, 0.6) is 5.75 Å². The van der Waals surface area contributed by atoms with Gasteiger partial charge in [0.25, 0.3) is 0 Å². The Kier molecular flexibility index (Phi) is 5.26. The third-order valence-electron chi connectivity index (χ3n) is 2.41. The molecule has 1 unspecified atom stereocenters. The lowest BCUT2D eigenvalue weighted by atomic mass is 10.1. The second-order valence-electron chi connectivity index (χ2n) is 3.81.